The summed E-state index contributed by atoms with van der Waals surface area (Å²) in [4.78, 5) is 7.38. The summed E-state index contributed by atoms with van der Waals surface area (Å²) in [6.07, 6.45) is 4.95. The van der Waals surface area contributed by atoms with Gasteiger partial charge in [-0.1, -0.05) is 23.4 Å². The summed E-state index contributed by atoms with van der Waals surface area (Å²) >= 11 is 0. The smallest absolute Gasteiger partial charge is 0.204 e. The summed E-state index contributed by atoms with van der Waals surface area (Å²) in [5, 5.41) is 4.97. The average Bonchev–Trinajstić information content (AvgIpc) is 3.53. The van der Waals surface area contributed by atoms with Gasteiger partial charge in [0.15, 0.2) is 11.6 Å². The highest BCUT2D eigenvalue weighted by Gasteiger charge is 2.34. The van der Waals surface area contributed by atoms with Crippen LogP contribution in [0.1, 0.15) is 31.2 Å². The van der Waals surface area contributed by atoms with Crippen LogP contribution in [0.2, 0.25) is 0 Å². The Balaban J connectivity index is 1.03. The first-order chi connectivity index (χ1) is 16.7. The van der Waals surface area contributed by atoms with Crippen molar-refractivity contribution in [3.8, 4) is 5.75 Å². The van der Waals surface area contributed by atoms with Gasteiger partial charge in [0, 0.05) is 44.7 Å². The summed E-state index contributed by atoms with van der Waals surface area (Å²) in [6, 6.07) is 14.2. The number of benzene rings is 2. The molecule has 0 N–H and O–H groups in total. The predicted octanol–water partition coefficient (Wildman–Crippen LogP) is 4.54. The largest absolute Gasteiger partial charge is 0.493 e. The molecule has 0 saturated carbocycles. The molecule has 0 bridgehead atoms. The molecule has 0 amide bonds. The zero-order valence-electron chi connectivity index (χ0n) is 19.7. The van der Waals surface area contributed by atoms with Crippen LogP contribution in [0.5, 0.6) is 5.75 Å². The van der Waals surface area contributed by atoms with E-state index in [1.807, 2.05) is 6.07 Å². The monoisotopic (exact) mass is 464 g/mol. The molecule has 6 nitrogen and oxygen atoms in total. The second-order valence-corrected chi connectivity index (χ2v) is 10.1. The first kappa shape index (κ1) is 21.9. The Morgan fingerprint density at radius 2 is 1.88 bits per heavy atom. The van der Waals surface area contributed by atoms with Crippen LogP contribution in [0.15, 0.2) is 47.0 Å². The van der Waals surface area contributed by atoms with E-state index in [0.29, 0.717) is 12.0 Å². The molecule has 3 aromatic rings. The van der Waals surface area contributed by atoms with E-state index in [4.69, 9.17) is 9.26 Å². The SMILES string of the molecule is Fc1cccc2c(N3CCN4CC(COc5cccc(CN6CCCC6)c5)CCC4C3)noc12. The van der Waals surface area contributed by atoms with Crippen LogP contribution in [0, 0.1) is 11.7 Å². The molecule has 180 valence electrons. The van der Waals surface area contributed by atoms with Gasteiger partial charge in [-0.15, -0.1) is 0 Å². The summed E-state index contributed by atoms with van der Waals surface area (Å²) in [7, 11) is 0. The van der Waals surface area contributed by atoms with Crippen molar-refractivity contribution in [2.45, 2.75) is 38.3 Å². The minimum absolute atomic E-state index is 0.255. The fourth-order valence-electron chi connectivity index (χ4n) is 5.88. The maximum atomic E-state index is 14.0. The van der Waals surface area contributed by atoms with E-state index in [-0.39, 0.29) is 11.4 Å². The first-order valence-corrected chi connectivity index (χ1v) is 12.7. The standard InChI is InChI=1S/C27H33FN4O2/c28-25-8-4-7-24-26(25)34-29-27(24)32-14-13-31-17-21(9-10-22(31)18-32)19-33-23-6-3-5-20(15-23)16-30-11-1-2-12-30/h3-8,15,21-22H,1-2,9-14,16-19H2. The Morgan fingerprint density at radius 3 is 2.79 bits per heavy atom. The number of aromatic nitrogens is 1. The molecule has 3 aliphatic rings. The molecule has 0 aliphatic carbocycles. The molecule has 34 heavy (non-hydrogen) atoms. The van der Waals surface area contributed by atoms with Crippen molar-refractivity contribution in [1.82, 2.24) is 15.0 Å². The van der Waals surface area contributed by atoms with Gasteiger partial charge in [-0.3, -0.25) is 9.80 Å². The zero-order valence-corrected chi connectivity index (χ0v) is 19.7. The quantitative estimate of drug-likeness (QED) is 0.534. The number of hydrogen-bond acceptors (Lipinski definition) is 6. The topological polar surface area (TPSA) is 45.0 Å². The molecule has 0 radical (unpaired) electrons. The molecule has 2 aromatic carbocycles. The van der Waals surface area contributed by atoms with E-state index in [0.717, 1.165) is 69.1 Å². The predicted molar refractivity (Wildman–Crippen MR) is 131 cm³/mol. The number of rotatable bonds is 6. The van der Waals surface area contributed by atoms with Crippen LogP contribution in [-0.4, -0.2) is 66.9 Å². The number of piperazine rings is 1. The van der Waals surface area contributed by atoms with Crippen LogP contribution in [-0.2, 0) is 6.54 Å². The number of hydrogen-bond donors (Lipinski definition) is 0. The zero-order chi connectivity index (χ0) is 22.9. The molecule has 6 rings (SSSR count). The molecule has 3 saturated heterocycles. The molecule has 2 atom stereocenters. The number of piperidine rings is 1. The molecule has 4 heterocycles. The maximum absolute atomic E-state index is 14.0. The van der Waals surface area contributed by atoms with Gasteiger partial charge < -0.3 is 14.2 Å². The Kier molecular flexibility index (Phi) is 6.14. The lowest BCUT2D eigenvalue weighted by atomic mass is 9.91. The third kappa shape index (κ3) is 4.51. The van der Waals surface area contributed by atoms with Gasteiger partial charge in [0.2, 0.25) is 5.58 Å². The average molecular weight is 465 g/mol. The molecule has 7 heteroatoms. The van der Waals surface area contributed by atoms with E-state index >= 15 is 0 Å². The second-order valence-electron chi connectivity index (χ2n) is 10.1. The third-order valence-corrected chi connectivity index (χ3v) is 7.73. The van der Waals surface area contributed by atoms with Crippen LogP contribution in [0.25, 0.3) is 11.0 Å². The number of para-hydroxylation sites is 1. The highest BCUT2D eigenvalue weighted by atomic mass is 19.1. The van der Waals surface area contributed by atoms with E-state index in [1.54, 1.807) is 6.07 Å². The number of nitrogens with zero attached hydrogens (tertiary/aromatic N) is 4. The number of fused-ring (bicyclic) bond motifs is 2. The molecule has 1 aromatic heterocycles. The van der Waals surface area contributed by atoms with Crippen molar-refractivity contribution in [3.63, 3.8) is 0 Å². The molecule has 2 unspecified atom stereocenters. The Hall–Kier alpha value is -2.64. The first-order valence-electron chi connectivity index (χ1n) is 12.7. The molecule has 0 spiro atoms. The normalized spacial score (nSPS) is 24.0. The van der Waals surface area contributed by atoms with Gasteiger partial charge in [0.05, 0.1) is 12.0 Å². The Labute approximate surface area is 200 Å². The second kappa shape index (κ2) is 9.55. The lowest BCUT2D eigenvalue weighted by Gasteiger charge is -2.46. The summed E-state index contributed by atoms with van der Waals surface area (Å²) in [6.45, 7) is 8.06. The molecular weight excluding hydrogens is 431 g/mol. The van der Waals surface area contributed by atoms with Crippen molar-refractivity contribution in [3.05, 3.63) is 53.8 Å². The van der Waals surface area contributed by atoms with Crippen LogP contribution in [0.4, 0.5) is 10.2 Å². The van der Waals surface area contributed by atoms with Gasteiger partial charge in [0.25, 0.3) is 0 Å². The van der Waals surface area contributed by atoms with Crippen LogP contribution >= 0.6 is 0 Å². The van der Waals surface area contributed by atoms with E-state index in [2.05, 4.69) is 44.1 Å². The summed E-state index contributed by atoms with van der Waals surface area (Å²) in [5.74, 6) is 1.96. The number of halogens is 1. The van der Waals surface area contributed by atoms with Crippen molar-refractivity contribution in [2.24, 2.45) is 5.92 Å². The van der Waals surface area contributed by atoms with Gasteiger partial charge in [0.1, 0.15) is 5.75 Å². The molecular formula is C27H33FN4O2. The lowest BCUT2D eigenvalue weighted by Crippen LogP contribution is -2.57. The van der Waals surface area contributed by atoms with E-state index in [9.17, 15) is 4.39 Å². The fraction of sp³-hybridized carbons (Fsp3) is 0.519. The third-order valence-electron chi connectivity index (χ3n) is 7.73. The highest BCUT2D eigenvalue weighted by molar-refractivity contribution is 5.88. The van der Waals surface area contributed by atoms with Crippen LogP contribution < -0.4 is 9.64 Å². The van der Waals surface area contributed by atoms with E-state index < -0.39 is 0 Å². The van der Waals surface area contributed by atoms with Gasteiger partial charge in [-0.05, 0) is 68.6 Å². The van der Waals surface area contributed by atoms with E-state index in [1.165, 1.54) is 37.6 Å². The van der Waals surface area contributed by atoms with Crippen molar-refractivity contribution in [2.75, 3.05) is 50.8 Å². The summed E-state index contributed by atoms with van der Waals surface area (Å²) in [5.41, 5.74) is 1.60. The molecule has 3 aliphatic heterocycles. The Bertz CT molecular complexity index is 1130. The Morgan fingerprint density at radius 1 is 1.00 bits per heavy atom. The highest BCUT2D eigenvalue weighted by Crippen LogP contribution is 2.32. The fourth-order valence-corrected chi connectivity index (χ4v) is 5.88. The summed E-state index contributed by atoms with van der Waals surface area (Å²) < 4.78 is 25.6. The van der Waals surface area contributed by atoms with Crippen molar-refractivity contribution in [1.29, 1.82) is 0 Å². The van der Waals surface area contributed by atoms with Gasteiger partial charge >= 0.3 is 0 Å². The number of anilines is 1. The minimum Gasteiger partial charge on any atom is -0.493 e. The lowest BCUT2D eigenvalue weighted by molar-refractivity contribution is 0.0726. The van der Waals surface area contributed by atoms with Crippen molar-refractivity contribution >= 4 is 16.8 Å². The number of likely N-dealkylation sites (tertiary alicyclic amines) is 1. The minimum atomic E-state index is -0.350. The number of ether oxygens (including phenoxy) is 1. The van der Waals surface area contributed by atoms with Crippen LogP contribution in [0.3, 0.4) is 0 Å². The van der Waals surface area contributed by atoms with Crippen molar-refractivity contribution < 1.29 is 13.7 Å². The van der Waals surface area contributed by atoms with Gasteiger partial charge in [-0.2, -0.15) is 0 Å². The maximum Gasteiger partial charge on any atom is 0.204 e. The molecule has 3 fully saturated rings. The van der Waals surface area contributed by atoms with Gasteiger partial charge in [-0.25, -0.2) is 4.39 Å².